The number of aromatic nitrogens is 2. The maximum absolute atomic E-state index is 13.6. The lowest BCUT2D eigenvalue weighted by atomic mass is 10.1. The Morgan fingerprint density at radius 3 is 2.48 bits per heavy atom. The normalized spacial score (nSPS) is 16.0. The van der Waals surface area contributed by atoms with Crippen LogP contribution < -0.4 is 10.6 Å². The van der Waals surface area contributed by atoms with Gasteiger partial charge in [0.1, 0.15) is 0 Å². The SMILES string of the molecule is O=C(NC1CCNCC1)c1cnn(-c2ccc(Cl)cc2)c1C(F)(F)F. The Balaban J connectivity index is 1.94. The molecule has 0 aliphatic carbocycles. The molecule has 0 atom stereocenters. The molecule has 5 nitrogen and oxygen atoms in total. The third kappa shape index (κ3) is 3.96. The molecule has 1 saturated heterocycles. The lowest BCUT2D eigenvalue weighted by molar-refractivity contribution is -0.143. The van der Waals surface area contributed by atoms with Crippen LogP contribution in [0.3, 0.4) is 0 Å². The van der Waals surface area contributed by atoms with Crippen molar-refractivity contribution in [2.45, 2.75) is 25.1 Å². The number of nitrogens with one attached hydrogen (secondary N) is 2. The first-order valence-electron chi connectivity index (χ1n) is 7.79. The van der Waals surface area contributed by atoms with Crippen molar-refractivity contribution in [1.82, 2.24) is 20.4 Å². The summed E-state index contributed by atoms with van der Waals surface area (Å²) < 4.78 is 41.4. The van der Waals surface area contributed by atoms with Gasteiger partial charge < -0.3 is 10.6 Å². The fourth-order valence-electron chi connectivity index (χ4n) is 2.79. The summed E-state index contributed by atoms with van der Waals surface area (Å²) in [4.78, 5) is 12.4. The summed E-state index contributed by atoms with van der Waals surface area (Å²) in [5.74, 6) is -0.764. The molecule has 0 radical (unpaired) electrons. The molecule has 0 bridgehead atoms. The van der Waals surface area contributed by atoms with Crippen LogP contribution in [0, 0.1) is 0 Å². The molecule has 1 amide bonds. The van der Waals surface area contributed by atoms with Crippen LogP contribution in [-0.4, -0.2) is 34.8 Å². The van der Waals surface area contributed by atoms with E-state index in [1.54, 1.807) is 0 Å². The summed E-state index contributed by atoms with van der Waals surface area (Å²) in [7, 11) is 0. The van der Waals surface area contributed by atoms with Crippen LogP contribution >= 0.6 is 11.6 Å². The monoisotopic (exact) mass is 372 g/mol. The van der Waals surface area contributed by atoms with E-state index in [2.05, 4.69) is 15.7 Å². The number of carbonyl (C=O) groups excluding carboxylic acids is 1. The van der Waals surface area contributed by atoms with E-state index < -0.39 is 23.3 Å². The van der Waals surface area contributed by atoms with E-state index in [0.29, 0.717) is 22.5 Å². The summed E-state index contributed by atoms with van der Waals surface area (Å²) >= 11 is 5.77. The number of rotatable bonds is 3. The highest BCUT2D eigenvalue weighted by Crippen LogP contribution is 2.34. The maximum Gasteiger partial charge on any atom is 0.434 e. The third-order valence-electron chi connectivity index (χ3n) is 4.03. The zero-order chi connectivity index (χ0) is 18.0. The van der Waals surface area contributed by atoms with E-state index in [0.717, 1.165) is 19.3 Å². The molecule has 0 spiro atoms. The average Bonchev–Trinajstić information content (AvgIpc) is 3.02. The van der Waals surface area contributed by atoms with Gasteiger partial charge in [-0.05, 0) is 50.2 Å². The lowest BCUT2D eigenvalue weighted by Crippen LogP contribution is -2.43. The van der Waals surface area contributed by atoms with Crippen molar-refractivity contribution in [3.05, 3.63) is 46.7 Å². The van der Waals surface area contributed by atoms with Crippen LogP contribution in [0.15, 0.2) is 30.5 Å². The Hall–Kier alpha value is -2.06. The van der Waals surface area contributed by atoms with Gasteiger partial charge in [0.15, 0.2) is 5.69 Å². The molecule has 9 heteroatoms. The Morgan fingerprint density at radius 1 is 1.24 bits per heavy atom. The highest BCUT2D eigenvalue weighted by atomic mass is 35.5. The lowest BCUT2D eigenvalue weighted by Gasteiger charge is -2.23. The topological polar surface area (TPSA) is 59.0 Å². The minimum Gasteiger partial charge on any atom is -0.349 e. The molecule has 1 fully saturated rings. The van der Waals surface area contributed by atoms with E-state index in [1.807, 2.05) is 0 Å². The predicted octanol–water partition coefficient (Wildman–Crippen LogP) is 3.03. The number of alkyl halides is 3. The van der Waals surface area contributed by atoms with Gasteiger partial charge in [0.05, 0.1) is 17.4 Å². The van der Waals surface area contributed by atoms with Gasteiger partial charge in [-0.3, -0.25) is 4.79 Å². The fourth-order valence-corrected chi connectivity index (χ4v) is 2.92. The second-order valence-electron chi connectivity index (χ2n) is 5.79. The number of carbonyl (C=O) groups is 1. The number of benzene rings is 1. The molecule has 2 N–H and O–H groups in total. The summed E-state index contributed by atoms with van der Waals surface area (Å²) in [5.41, 5.74) is -1.40. The van der Waals surface area contributed by atoms with Crippen molar-refractivity contribution in [3.8, 4) is 5.69 Å². The first-order valence-corrected chi connectivity index (χ1v) is 8.17. The highest BCUT2D eigenvalue weighted by molar-refractivity contribution is 6.30. The number of nitrogens with zero attached hydrogens (tertiary/aromatic N) is 2. The third-order valence-corrected chi connectivity index (χ3v) is 4.28. The molecule has 3 rings (SSSR count). The smallest absolute Gasteiger partial charge is 0.349 e. The molecule has 134 valence electrons. The molecule has 0 unspecified atom stereocenters. The van der Waals surface area contributed by atoms with Gasteiger partial charge >= 0.3 is 6.18 Å². The largest absolute Gasteiger partial charge is 0.434 e. The molecule has 1 aliphatic rings. The van der Waals surface area contributed by atoms with E-state index in [4.69, 9.17) is 11.6 Å². The van der Waals surface area contributed by atoms with Gasteiger partial charge in [-0.15, -0.1) is 0 Å². The van der Waals surface area contributed by atoms with E-state index in [-0.39, 0.29) is 11.7 Å². The Labute approximate surface area is 147 Å². The molecular weight excluding hydrogens is 357 g/mol. The number of halogens is 4. The molecule has 2 aromatic rings. The number of hydrogen-bond acceptors (Lipinski definition) is 3. The van der Waals surface area contributed by atoms with Crippen molar-refractivity contribution < 1.29 is 18.0 Å². The molecular formula is C16H16ClF3N4O. The zero-order valence-electron chi connectivity index (χ0n) is 13.1. The van der Waals surface area contributed by atoms with Gasteiger partial charge in [-0.2, -0.15) is 18.3 Å². The molecule has 1 aliphatic heterocycles. The molecule has 1 aromatic carbocycles. The van der Waals surface area contributed by atoms with Crippen LogP contribution in [0.1, 0.15) is 28.9 Å². The summed E-state index contributed by atoms with van der Waals surface area (Å²) in [6.07, 6.45) is -2.42. The van der Waals surface area contributed by atoms with Crippen molar-refractivity contribution in [2.75, 3.05) is 13.1 Å². The molecule has 2 heterocycles. The fraction of sp³-hybridized carbons (Fsp3) is 0.375. The van der Waals surface area contributed by atoms with Crippen molar-refractivity contribution >= 4 is 17.5 Å². The maximum atomic E-state index is 13.6. The van der Waals surface area contributed by atoms with Crippen LogP contribution in [0.5, 0.6) is 0 Å². The minimum absolute atomic E-state index is 0.145. The van der Waals surface area contributed by atoms with Gasteiger partial charge in [0, 0.05) is 11.1 Å². The van der Waals surface area contributed by atoms with Gasteiger partial charge in [-0.1, -0.05) is 11.6 Å². The minimum atomic E-state index is -4.73. The zero-order valence-corrected chi connectivity index (χ0v) is 13.9. The van der Waals surface area contributed by atoms with Crippen LogP contribution in [0.4, 0.5) is 13.2 Å². The van der Waals surface area contributed by atoms with Crippen LogP contribution in [-0.2, 0) is 6.18 Å². The number of amides is 1. The first kappa shape index (κ1) is 17.8. The first-order chi connectivity index (χ1) is 11.9. The van der Waals surface area contributed by atoms with Crippen LogP contribution in [0.25, 0.3) is 5.69 Å². The van der Waals surface area contributed by atoms with Crippen LogP contribution in [0.2, 0.25) is 5.02 Å². The van der Waals surface area contributed by atoms with E-state index in [9.17, 15) is 18.0 Å². The van der Waals surface area contributed by atoms with E-state index >= 15 is 0 Å². The van der Waals surface area contributed by atoms with Crippen molar-refractivity contribution in [3.63, 3.8) is 0 Å². The van der Waals surface area contributed by atoms with Gasteiger partial charge in [-0.25, -0.2) is 4.68 Å². The Morgan fingerprint density at radius 2 is 1.88 bits per heavy atom. The second-order valence-corrected chi connectivity index (χ2v) is 6.23. The highest BCUT2D eigenvalue weighted by Gasteiger charge is 2.40. The van der Waals surface area contributed by atoms with E-state index in [1.165, 1.54) is 24.3 Å². The Kier molecular flexibility index (Phi) is 5.01. The van der Waals surface area contributed by atoms with Crippen molar-refractivity contribution in [2.24, 2.45) is 0 Å². The standard InChI is InChI=1S/C16H16ClF3N4O/c17-10-1-3-12(4-2-10)24-14(16(18,19)20)13(9-22-24)15(25)23-11-5-7-21-8-6-11/h1-4,9,11,21H,5-8H2,(H,23,25). The number of hydrogen-bond donors (Lipinski definition) is 2. The summed E-state index contributed by atoms with van der Waals surface area (Å²) in [5, 5.41) is 9.98. The van der Waals surface area contributed by atoms with Crippen molar-refractivity contribution in [1.29, 1.82) is 0 Å². The number of piperidine rings is 1. The van der Waals surface area contributed by atoms with Gasteiger partial charge in [0.2, 0.25) is 0 Å². The average molecular weight is 373 g/mol. The summed E-state index contributed by atoms with van der Waals surface area (Å²) in [6.45, 7) is 1.45. The summed E-state index contributed by atoms with van der Waals surface area (Å²) in [6, 6.07) is 5.62. The molecule has 0 saturated carbocycles. The second kappa shape index (κ2) is 7.05. The molecule has 1 aromatic heterocycles. The molecule has 25 heavy (non-hydrogen) atoms. The Bertz CT molecular complexity index is 752. The quantitative estimate of drug-likeness (QED) is 0.870. The predicted molar refractivity (Wildman–Crippen MR) is 86.9 cm³/mol. The van der Waals surface area contributed by atoms with Gasteiger partial charge in [0.25, 0.3) is 5.91 Å².